The lowest BCUT2D eigenvalue weighted by Gasteiger charge is -2.42. The molecule has 0 amide bonds. The van der Waals surface area contributed by atoms with Crippen LogP contribution in [0.25, 0.3) is 0 Å². The van der Waals surface area contributed by atoms with Crippen LogP contribution in [0, 0.1) is 0 Å². The lowest BCUT2D eigenvalue weighted by atomic mass is 9.87. The molecule has 3 nitrogen and oxygen atoms in total. The average Bonchev–Trinajstić information content (AvgIpc) is 2.96. The Bertz CT molecular complexity index is 405. The molecule has 20 heavy (non-hydrogen) atoms. The van der Waals surface area contributed by atoms with E-state index in [-0.39, 0.29) is 11.6 Å². The zero-order valence-electron chi connectivity index (χ0n) is 13.2. The van der Waals surface area contributed by atoms with Gasteiger partial charge in [0.15, 0.2) is 0 Å². The normalized spacial score (nSPS) is 18.4. The number of nitrogens with one attached hydrogen (secondary N) is 1. The average molecular weight is 275 g/mol. The molecule has 1 aromatic rings. The van der Waals surface area contributed by atoms with Gasteiger partial charge in [-0.2, -0.15) is 0 Å². The van der Waals surface area contributed by atoms with E-state index in [4.69, 9.17) is 5.84 Å². The maximum atomic E-state index is 5.88. The molecule has 3 heteroatoms. The number of aryl methyl sites for hydroxylation is 1. The van der Waals surface area contributed by atoms with Crippen molar-refractivity contribution in [1.29, 1.82) is 0 Å². The quantitative estimate of drug-likeness (QED) is 0.619. The highest BCUT2D eigenvalue weighted by Gasteiger charge is 2.37. The number of hydrazine groups is 1. The van der Waals surface area contributed by atoms with Crippen LogP contribution in [0.3, 0.4) is 0 Å². The number of hydrogen-bond donors (Lipinski definition) is 2. The van der Waals surface area contributed by atoms with Gasteiger partial charge in [0, 0.05) is 5.54 Å². The van der Waals surface area contributed by atoms with Gasteiger partial charge in [-0.3, -0.25) is 16.2 Å². The van der Waals surface area contributed by atoms with Gasteiger partial charge in [-0.1, -0.05) is 37.6 Å². The molecule has 0 spiro atoms. The van der Waals surface area contributed by atoms with Crippen LogP contribution in [0.1, 0.15) is 57.2 Å². The largest absolute Gasteiger partial charge is 0.296 e. The fourth-order valence-corrected chi connectivity index (χ4v) is 3.35. The van der Waals surface area contributed by atoms with E-state index in [1.807, 2.05) is 0 Å². The number of hydrogen-bond acceptors (Lipinski definition) is 3. The van der Waals surface area contributed by atoms with E-state index in [1.54, 1.807) is 0 Å². The summed E-state index contributed by atoms with van der Waals surface area (Å²) >= 11 is 0. The van der Waals surface area contributed by atoms with E-state index < -0.39 is 0 Å². The highest BCUT2D eigenvalue weighted by molar-refractivity contribution is 5.27. The monoisotopic (exact) mass is 275 g/mol. The Kier molecular flexibility index (Phi) is 5.19. The first kappa shape index (κ1) is 15.5. The van der Waals surface area contributed by atoms with Crippen LogP contribution in [0.2, 0.25) is 0 Å². The fourth-order valence-electron chi connectivity index (χ4n) is 3.35. The Morgan fingerprint density at radius 3 is 2.30 bits per heavy atom. The van der Waals surface area contributed by atoms with Gasteiger partial charge in [0.25, 0.3) is 0 Å². The van der Waals surface area contributed by atoms with E-state index in [2.05, 4.69) is 55.4 Å². The Morgan fingerprint density at radius 2 is 1.80 bits per heavy atom. The molecule has 112 valence electrons. The molecule has 1 aliphatic heterocycles. The van der Waals surface area contributed by atoms with E-state index in [0.717, 1.165) is 6.42 Å². The second kappa shape index (κ2) is 6.70. The van der Waals surface area contributed by atoms with Crippen molar-refractivity contribution in [1.82, 2.24) is 10.3 Å². The van der Waals surface area contributed by atoms with Crippen molar-refractivity contribution in [3.05, 3.63) is 35.4 Å². The van der Waals surface area contributed by atoms with Crippen molar-refractivity contribution in [3.63, 3.8) is 0 Å². The lowest BCUT2D eigenvalue weighted by Crippen LogP contribution is -2.53. The van der Waals surface area contributed by atoms with Crippen molar-refractivity contribution in [3.8, 4) is 0 Å². The van der Waals surface area contributed by atoms with Gasteiger partial charge in [-0.05, 0) is 57.3 Å². The van der Waals surface area contributed by atoms with Gasteiger partial charge in [-0.15, -0.1) is 0 Å². The Hall–Kier alpha value is -0.900. The van der Waals surface area contributed by atoms with E-state index in [0.29, 0.717) is 0 Å². The molecule has 3 N–H and O–H groups in total. The number of rotatable bonds is 6. The summed E-state index contributed by atoms with van der Waals surface area (Å²) in [6, 6.07) is 9.10. The smallest absolute Gasteiger partial charge is 0.0638 e. The standard InChI is InChI=1S/C17H29N3/c1-4-7-14-8-10-15(11-9-14)16(19-18)17(2,3)20-12-5-6-13-20/h8-11,16,19H,4-7,12-13,18H2,1-3H3. The molecule has 2 rings (SSSR count). The van der Waals surface area contributed by atoms with Crippen LogP contribution >= 0.6 is 0 Å². The first-order valence-corrected chi connectivity index (χ1v) is 7.89. The predicted octanol–water partition coefficient (Wildman–Crippen LogP) is 3.02. The molecule has 1 unspecified atom stereocenters. The van der Waals surface area contributed by atoms with E-state index >= 15 is 0 Å². The van der Waals surface area contributed by atoms with Gasteiger partial charge in [0.1, 0.15) is 0 Å². The molecule has 1 fully saturated rings. The highest BCUT2D eigenvalue weighted by atomic mass is 15.3. The summed E-state index contributed by atoms with van der Waals surface area (Å²) in [5, 5.41) is 0. The molecule has 1 atom stereocenters. The third kappa shape index (κ3) is 3.22. The molecule has 0 aliphatic carbocycles. The molecule has 1 heterocycles. The molecule has 1 aromatic carbocycles. The van der Waals surface area contributed by atoms with Crippen molar-refractivity contribution >= 4 is 0 Å². The van der Waals surface area contributed by atoms with Gasteiger partial charge >= 0.3 is 0 Å². The summed E-state index contributed by atoms with van der Waals surface area (Å²) in [6.45, 7) is 9.17. The van der Waals surface area contributed by atoms with Gasteiger partial charge in [-0.25, -0.2) is 0 Å². The highest BCUT2D eigenvalue weighted by Crippen LogP contribution is 2.33. The van der Waals surface area contributed by atoms with E-state index in [9.17, 15) is 0 Å². The van der Waals surface area contributed by atoms with Gasteiger partial charge in [0.05, 0.1) is 6.04 Å². The molecule has 0 bridgehead atoms. The molecular formula is C17H29N3. The summed E-state index contributed by atoms with van der Waals surface area (Å²) < 4.78 is 0. The van der Waals surface area contributed by atoms with Crippen LogP contribution in [0.15, 0.2) is 24.3 Å². The van der Waals surface area contributed by atoms with Gasteiger partial charge in [0.2, 0.25) is 0 Å². The number of nitrogens with zero attached hydrogens (tertiary/aromatic N) is 1. The second-order valence-electron chi connectivity index (χ2n) is 6.44. The SMILES string of the molecule is CCCc1ccc(C(NN)C(C)(C)N2CCCC2)cc1. The van der Waals surface area contributed by atoms with Crippen LogP contribution in [0.5, 0.6) is 0 Å². The summed E-state index contributed by atoms with van der Waals surface area (Å²) in [7, 11) is 0. The summed E-state index contributed by atoms with van der Waals surface area (Å²) in [6.07, 6.45) is 4.94. The third-order valence-electron chi connectivity index (χ3n) is 4.65. The molecule has 0 saturated carbocycles. The lowest BCUT2D eigenvalue weighted by molar-refractivity contribution is 0.107. The number of benzene rings is 1. The maximum Gasteiger partial charge on any atom is 0.0638 e. The minimum atomic E-state index is 0.0392. The summed E-state index contributed by atoms with van der Waals surface area (Å²) in [5.41, 5.74) is 5.77. The van der Waals surface area contributed by atoms with E-state index in [1.165, 1.54) is 43.5 Å². The molecule has 1 saturated heterocycles. The van der Waals surface area contributed by atoms with Crippen LogP contribution < -0.4 is 11.3 Å². The summed E-state index contributed by atoms with van der Waals surface area (Å²) in [4.78, 5) is 2.55. The van der Waals surface area contributed by atoms with Gasteiger partial charge < -0.3 is 0 Å². The van der Waals surface area contributed by atoms with Crippen molar-refractivity contribution in [2.24, 2.45) is 5.84 Å². The van der Waals surface area contributed by atoms with Crippen molar-refractivity contribution in [2.45, 2.75) is 58.0 Å². The van der Waals surface area contributed by atoms with Crippen LogP contribution in [0.4, 0.5) is 0 Å². The van der Waals surface area contributed by atoms with Crippen LogP contribution in [-0.4, -0.2) is 23.5 Å². The minimum Gasteiger partial charge on any atom is -0.296 e. The van der Waals surface area contributed by atoms with Crippen molar-refractivity contribution in [2.75, 3.05) is 13.1 Å². The predicted molar refractivity (Wildman–Crippen MR) is 85.4 cm³/mol. The molecule has 1 aliphatic rings. The maximum absolute atomic E-state index is 5.88. The molecule has 0 radical (unpaired) electrons. The zero-order valence-corrected chi connectivity index (χ0v) is 13.2. The number of nitrogens with two attached hydrogens (primary N) is 1. The Morgan fingerprint density at radius 1 is 1.20 bits per heavy atom. The number of likely N-dealkylation sites (tertiary alicyclic amines) is 1. The molecule has 0 aromatic heterocycles. The zero-order chi connectivity index (χ0) is 14.6. The fraction of sp³-hybridized carbons (Fsp3) is 0.647. The summed E-state index contributed by atoms with van der Waals surface area (Å²) in [5.74, 6) is 5.88. The first-order valence-electron chi connectivity index (χ1n) is 7.89. The first-order chi connectivity index (χ1) is 9.59. The Labute approximate surface area is 123 Å². The second-order valence-corrected chi connectivity index (χ2v) is 6.44. The molecular weight excluding hydrogens is 246 g/mol. The third-order valence-corrected chi connectivity index (χ3v) is 4.65. The minimum absolute atomic E-state index is 0.0392. The van der Waals surface area contributed by atoms with Crippen LogP contribution in [-0.2, 0) is 6.42 Å². The van der Waals surface area contributed by atoms with Crippen molar-refractivity contribution < 1.29 is 0 Å². The Balaban J connectivity index is 2.17. The topological polar surface area (TPSA) is 41.3 Å².